The van der Waals surface area contributed by atoms with Crippen LogP contribution >= 0.6 is 0 Å². The van der Waals surface area contributed by atoms with Gasteiger partial charge in [-0.1, -0.05) is 39.0 Å². The van der Waals surface area contributed by atoms with Gasteiger partial charge in [-0.05, 0) is 48.2 Å². The third-order valence-electron chi connectivity index (χ3n) is 3.80. The van der Waals surface area contributed by atoms with Crippen molar-refractivity contribution in [2.45, 2.75) is 33.1 Å². The van der Waals surface area contributed by atoms with Crippen LogP contribution in [0, 0.1) is 0 Å². The molecule has 2 aromatic carbocycles. The molecule has 27 heavy (non-hydrogen) atoms. The summed E-state index contributed by atoms with van der Waals surface area (Å²) in [6.45, 7) is 6.61. The van der Waals surface area contributed by atoms with E-state index in [-0.39, 0.29) is 6.61 Å². The Hall–Kier alpha value is -3.02. The Morgan fingerprint density at radius 2 is 1.70 bits per heavy atom. The van der Waals surface area contributed by atoms with Crippen LogP contribution in [0.25, 0.3) is 0 Å². The molecule has 6 heteroatoms. The lowest BCUT2D eigenvalue weighted by molar-refractivity contribution is -0.123. The Morgan fingerprint density at radius 3 is 2.37 bits per heavy atom. The average molecular weight is 370 g/mol. The molecule has 0 unspecified atom stereocenters. The molecule has 0 radical (unpaired) electrons. The van der Waals surface area contributed by atoms with E-state index in [4.69, 9.17) is 9.47 Å². The molecule has 0 bridgehead atoms. The Labute approximate surface area is 159 Å². The van der Waals surface area contributed by atoms with Crippen LogP contribution in [0.3, 0.4) is 0 Å². The van der Waals surface area contributed by atoms with E-state index in [1.807, 2.05) is 31.2 Å². The quantitative estimate of drug-likeness (QED) is 0.698. The Kier molecular flexibility index (Phi) is 7.67. The van der Waals surface area contributed by atoms with Crippen molar-refractivity contribution >= 4 is 11.8 Å². The Balaban J connectivity index is 1.78. The molecule has 2 amide bonds. The van der Waals surface area contributed by atoms with Crippen LogP contribution in [0.5, 0.6) is 11.5 Å². The lowest BCUT2D eigenvalue weighted by Crippen LogP contribution is -2.43. The number of carbonyl (C=O) groups is 2. The van der Waals surface area contributed by atoms with E-state index in [0.717, 1.165) is 6.42 Å². The van der Waals surface area contributed by atoms with Gasteiger partial charge in [-0.15, -0.1) is 0 Å². The van der Waals surface area contributed by atoms with Gasteiger partial charge in [0.05, 0.1) is 6.61 Å². The maximum absolute atomic E-state index is 12.1. The zero-order valence-electron chi connectivity index (χ0n) is 16.0. The van der Waals surface area contributed by atoms with Gasteiger partial charge in [-0.2, -0.15) is 0 Å². The van der Waals surface area contributed by atoms with E-state index in [0.29, 0.717) is 29.6 Å². The highest BCUT2D eigenvalue weighted by molar-refractivity contribution is 5.95. The van der Waals surface area contributed by atoms with Crippen molar-refractivity contribution in [1.82, 2.24) is 10.9 Å². The second-order valence-corrected chi connectivity index (χ2v) is 6.39. The molecule has 2 aromatic rings. The number of benzene rings is 2. The van der Waals surface area contributed by atoms with Crippen LogP contribution in [0.1, 0.15) is 49.0 Å². The van der Waals surface area contributed by atoms with E-state index in [1.54, 1.807) is 24.3 Å². The van der Waals surface area contributed by atoms with Crippen LogP contribution < -0.4 is 20.3 Å². The summed E-state index contributed by atoms with van der Waals surface area (Å²) in [4.78, 5) is 24.0. The highest BCUT2D eigenvalue weighted by Gasteiger charge is 2.09. The fourth-order valence-electron chi connectivity index (χ4n) is 2.28. The maximum Gasteiger partial charge on any atom is 0.276 e. The normalized spacial score (nSPS) is 10.4. The highest BCUT2D eigenvalue weighted by Crippen LogP contribution is 2.18. The minimum atomic E-state index is -0.449. The number of nitrogens with one attached hydrogen (secondary N) is 2. The number of carbonyl (C=O) groups excluding carboxylic acids is 2. The Morgan fingerprint density at radius 1 is 0.963 bits per heavy atom. The molecule has 2 N–H and O–H groups in total. The van der Waals surface area contributed by atoms with E-state index < -0.39 is 11.8 Å². The summed E-state index contributed by atoms with van der Waals surface area (Å²) in [5.41, 5.74) is 6.30. The number of ether oxygens (including phenoxy) is 2. The van der Waals surface area contributed by atoms with Crippen LogP contribution in [-0.2, 0) is 4.79 Å². The van der Waals surface area contributed by atoms with Crippen LogP contribution in [-0.4, -0.2) is 25.0 Å². The molecule has 144 valence electrons. The summed E-state index contributed by atoms with van der Waals surface area (Å²) >= 11 is 0. The summed E-state index contributed by atoms with van der Waals surface area (Å²) in [6, 6.07) is 14.4. The predicted molar refractivity (Wildman–Crippen MR) is 104 cm³/mol. The van der Waals surface area contributed by atoms with Gasteiger partial charge in [0.1, 0.15) is 11.5 Å². The molecule has 0 fully saturated rings. The average Bonchev–Trinajstić information content (AvgIpc) is 2.69. The zero-order valence-corrected chi connectivity index (χ0v) is 16.0. The monoisotopic (exact) mass is 370 g/mol. The number of hydrazine groups is 1. The lowest BCUT2D eigenvalue weighted by atomic mass is 10.0. The molecule has 0 aromatic heterocycles. The fraction of sp³-hybridized carbons (Fsp3) is 0.333. The molecule has 0 atom stereocenters. The number of amides is 2. The first-order valence-electron chi connectivity index (χ1n) is 9.04. The van der Waals surface area contributed by atoms with Gasteiger partial charge in [-0.25, -0.2) is 0 Å². The minimum absolute atomic E-state index is 0.193. The van der Waals surface area contributed by atoms with Crippen molar-refractivity contribution in [2.75, 3.05) is 13.2 Å². The largest absolute Gasteiger partial charge is 0.494 e. The first-order chi connectivity index (χ1) is 13.0. The standard InChI is InChI=1S/C21H26N2O4/c1-4-12-26-19-7-5-6-17(13-19)21(25)23-22-20(24)14-27-18-10-8-16(9-11-18)15(2)3/h5-11,13,15H,4,12,14H2,1-3H3,(H,22,24)(H,23,25). The third-order valence-corrected chi connectivity index (χ3v) is 3.80. The van der Waals surface area contributed by atoms with Crippen molar-refractivity contribution in [3.63, 3.8) is 0 Å². The van der Waals surface area contributed by atoms with Crippen molar-refractivity contribution in [3.8, 4) is 11.5 Å². The summed E-state index contributed by atoms with van der Waals surface area (Å²) in [6.07, 6.45) is 0.882. The Bertz CT molecular complexity index is 757. The van der Waals surface area contributed by atoms with Gasteiger partial charge >= 0.3 is 0 Å². The molecular weight excluding hydrogens is 344 g/mol. The smallest absolute Gasteiger partial charge is 0.276 e. The molecule has 0 saturated heterocycles. The first-order valence-corrected chi connectivity index (χ1v) is 9.04. The summed E-state index contributed by atoms with van der Waals surface area (Å²) in [5, 5.41) is 0. The molecule has 0 saturated carbocycles. The highest BCUT2D eigenvalue weighted by atomic mass is 16.5. The number of rotatable bonds is 8. The first kappa shape index (κ1) is 20.3. The molecule has 0 aliphatic carbocycles. The van der Waals surface area contributed by atoms with Crippen molar-refractivity contribution < 1.29 is 19.1 Å². The van der Waals surface area contributed by atoms with Crippen molar-refractivity contribution in [3.05, 3.63) is 59.7 Å². The van der Waals surface area contributed by atoms with Crippen molar-refractivity contribution in [1.29, 1.82) is 0 Å². The van der Waals surface area contributed by atoms with Gasteiger partial charge in [0.2, 0.25) is 0 Å². The van der Waals surface area contributed by atoms with E-state index in [9.17, 15) is 9.59 Å². The molecule has 0 spiro atoms. The number of hydrogen-bond donors (Lipinski definition) is 2. The van der Waals surface area contributed by atoms with E-state index in [1.165, 1.54) is 5.56 Å². The van der Waals surface area contributed by atoms with Crippen LogP contribution in [0.2, 0.25) is 0 Å². The molecule has 2 rings (SSSR count). The van der Waals surface area contributed by atoms with Crippen molar-refractivity contribution in [2.24, 2.45) is 0 Å². The van der Waals surface area contributed by atoms with E-state index in [2.05, 4.69) is 24.7 Å². The second-order valence-electron chi connectivity index (χ2n) is 6.39. The maximum atomic E-state index is 12.1. The molecule has 0 heterocycles. The zero-order chi connectivity index (χ0) is 19.6. The van der Waals surface area contributed by atoms with Gasteiger partial charge in [0, 0.05) is 5.56 Å². The minimum Gasteiger partial charge on any atom is -0.494 e. The summed E-state index contributed by atoms with van der Waals surface area (Å²) in [5.74, 6) is 0.773. The molecule has 6 nitrogen and oxygen atoms in total. The van der Waals surface area contributed by atoms with Crippen LogP contribution in [0.15, 0.2) is 48.5 Å². The summed E-state index contributed by atoms with van der Waals surface area (Å²) < 4.78 is 10.9. The predicted octanol–water partition coefficient (Wildman–Crippen LogP) is 3.44. The molecule has 0 aliphatic rings. The topological polar surface area (TPSA) is 76.7 Å². The third kappa shape index (κ3) is 6.66. The lowest BCUT2D eigenvalue weighted by Gasteiger charge is -2.11. The van der Waals surface area contributed by atoms with Gasteiger partial charge < -0.3 is 9.47 Å². The van der Waals surface area contributed by atoms with Crippen LogP contribution in [0.4, 0.5) is 0 Å². The molecular formula is C21H26N2O4. The number of hydrogen-bond acceptors (Lipinski definition) is 4. The van der Waals surface area contributed by atoms with Gasteiger partial charge in [-0.3, -0.25) is 20.4 Å². The van der Waals surface area contributed by atoms with Gasteiger partial charge in [0.15, 0.2) is 6.61 Å². The fourth-order valence-corrected chi connectivity index (χ4v) is 2.28. The van der Waals surface area contributed by atoms with E-state index >= 15 is 0 Å². The van der Waals surface area contributed by atoms with Gasteiger partial charge in [0.25, 0.3) is 11.8 Å². The molecule has 0 aliphatic heterocycles. The summed E-state index contributed by atoms with van der Waals surface area (Å²) in [7, 11) is 0. The SMILES string of the molecule is CCCOc1cccc(C(=O)NNC(=O)COc2ccc(C(C)C)cc2)c1. The second kappa shape index (κ2) is 10.2.